The van der Waals surface area contributed by atoms with Gasteiger partial charge in [-0.25, -0.2) is 9.59 Å². The predicted octanol–water partition coefficient (Wildman–Crippen LogP) is 3.03. The summed E-state index contributed by atoms with van der Waals surface area (Å²) < 4.78 is 41.0. The molecule has 1 aromatic rings. The fourth-order valence-corrected chi connectivity index (χ4v) is 4.07. The van der Waals surface area contributed by atoms with Crippen molar-refractivity contribution in [1.29, 1.82) is 0 Å². The third kappa shape index (κ3) is 6.43. The summed E-state index contributed by atoms with van der Waals surface area (Å²) in [6.07, 6.45) is -1.14. The summed E-state index contributed by atoms with van der Waals surface area (Å²) in [5.74, 6) is -0.612. The lowest BCUT2D eigenvalue weighted by Crippen LogP contribution is -2.53. The highest BCUT2D eigenvalue weighted by atomic mass is 32.2. The van der Waals surface area contributed by atoms with E-state index in [4.69, 9.17) is 13.7 Å². The number of rotatable bonds is 5. The molecule has 1 fully saturated rings. The van der Waals surface area contributed by atoms with Crippen LogP contribution in [0.4, 0.5) is 4.79 Å². The standard InChI is InChI=1S/C20H29NO7S/c1-6-26-18(22)17-13-15(11-12-21(17)19(23)27-20(3,4)5)28-29(24,25)16-9-7-14(2)8-10-16/h7-10,15,17H,6,11-13H2,1-5H3. The van der Waals surface area contributed by atoms with Crippen LogP contribution in [0.3, 0.4) is 0 Å². The fraction of sp³-hybridized carbons (Fsp3) is 0.600. The molecular formula is C20H29NO7S. The van der Waals surface area contributed by atoms with Crippen LogP contribution >= 0.6 is 0 Å². The Morgan fingerprint density at radius 2 is 1.79 bits per heavy atom. The molecule has 1 amide bonds. The van der Waals surface area contributed by atoms with Gasteiger partial charge in [0.15, 0.2) is 0 Å². The first kappa shape index (κ1) is 23.2. The normalized spacial score (nSPS) is 20.2. The summed E-state index contributed by atoms with van der Waals surface area (Å²) in [4.78, 5) is 26.3. The number of likely N-dealkylation sites (tertiary alicyclic amines) is 1. The Kier molecular flexibility index (Phi) is 7.29. The van der Waals surface area contributed by atoms with Gasteiger partial charge in [-0.15, -0.1) is 0 Å². The molecule has 29 heavy (non-hydrogen) atoms. The molecule has 1 saturated heterocycles. The number of piperidine rings is 1. The Morgan fingerprint density at radius 3 is 2.34 bits per heavy atom. The lowest BCUT2D eigenvalue weighted by atomic mass is 10.00. The molecule has 1 heterocycles. The molecule has 1 aliphatic rings. The zero-order chi connectivity index (χ0) is 21.8. The molecule has 2 atom stereocenters. The first-order valence-corrected chi connectivity index (χ1v) is 11.0. The Bertz CT molecular complexity index is 827. The molecule has 0 aliphatic carbocycles. The predicted molar refractivity (Wildman–Crippen MR) is 106 cm³/mol. The van der Waals surface area contributed by atoms with Crippen LogP contribution in [0.25, 0.3) is 0 Å². The Morgan fingerprint density at radius 1 is 1.17 bits per heavy atom. The van der Waals surface area contributed by atoms with E-state index >= 15 is 0 Å². The minimum absolute atomic E-state index is 0.00314. The van der Waals surface area contributed by atoms with E-state index in [-0.39, 0.29) is 30.9 Å². The van der Waals surface area contributed by atoms with Crippen molar-refractivity contribution in [3.63, 3.8) is 0 Å². The molecule has 2 unspecified atom stereocenters. The number of hydrogen-bond acceptors (Lipinski definition) is 7. The van der Waals surface area contributed by atoms with Gasteiger partial charge in [-0.2, -0.15) is 8.42 Å². The van der Waals surface area contributed by atoms with Crippen LogP contribution in [0, 0.1) is 6.92 Å². The Hall–Kier alpha value is -2.13. The molecule has 0 radical (unpaired) electrons. The van der Waals surface area contributed by atoms with Gasteiger partial charge < -0.3 is 9.47 Å². The third-order valence-corrected chi connectivity index (χ3v) is 5.69. The smallest absolute Gasteiger partial charge is 0.411 e. The molecule has 0 saturated carbocycles. The Balaban J connectivity index is 2.16. The molecule has 0 aromatic heterocycles. The second-order valence-corrected chi connectivity index (χ2v) is 9.52. The van der Waals surface area contributed by atoms with Gasteiger partial charge in [0.25, 0.3) is 10.1 Å². The highest BCUT2D eigenvalue weighted by Gasteiger charge is 2.41. The fourth-order valence-electron chi connectivity index (χ4n) is 2.96. The van der Waals surface area contributed by atoms with E-state index in [1.807, 2.05) is 6.92 Å². The Labute approximate surface area is 172 Å². The molecule has 1 aliphatic heterocycles. The van der Waals surface area contributed by atoms with Gasteiger partial charge in [0.1, 0.15) is 11.6 Å². The molecular weight excluding hydrogens is 398 g/mol. The number of esters is 1. The van der Waals surface area contributed by atoms with Crippen LogP contribution in [-0.4, -0.2) is 56.3 Å². The van der Waals surface area contributed by atoms with E-state index in [0.29, 0.717) is 0 Å². The van der Waals surface area contributed by atoms with E-state index in [9.17, 15) is 18.0 Å². The first-order chi connectivity index (χ1) is 13.4. The van der Waals surface area contributed by atoms with Crippen molar-refractivity contribution in [2.45, 2.75) is 70.1 Å². The zero-order valence-electron chi connectivity index (χ0n) is 17.5. The molecule has 1 aromatic carbocycles. The summed E-state index contributed by atoms with van der Waals surface area (Å²) in [6, 6.07) is 5.34. The summed E-state index contributed by atoms with van der Waals surface area (Å²) in [6.45, 7) is 8.97. The molecule has 0 spiro atoms. The quantitative estimate of drug-likeness (QED) is 0.526. The van der Waals surface area contributed by atoms with Gasteiger partial charge in [0.05, 0.1) is 17.6 Å². The van der Waals surface area contributed by atoms with E-state index < -0.39 is 39.9 Å². The molecule has 2 rings (SSSR count). The highest BCUT2D eigenvalue weighted by molar-refractivity contribution is 7.86. The van der Waals surface area contributed by atoms with Crippen molar-refractivity contribution >= 4 is 22.2 Å². The molecule has 162 valence electrons. The maximum absolute atomic E-state index is 12.6. The highest BCUT2D eigenvalue weighted by Crippen LogP contribution is 2.26. The van der Waals surface area contributed by atoms with Crippen LogP contribution in [0.2, 0.25) is 0 Å². The van der Waals surface area contributed by atoms with Gasteiger partial charge in [-0.1, -0.05) is 17.7 Å². The third-order valence-electron chi connectivity index (χ3n) is 4.31. The number of aryl methyl sites for hydroxylation is 1. The van der Waals surface area contributed by atoms with Crippen LogP contribution in [0.15, 0.2) is 29.2 Å². The van der Waals surface area contributed by atoms with E-state index in [2.05, 4.69) is 0 Å². The van der Waals surface area contributed by atoms with Crippen LogP contribution in [0.5, 0.6) is 0 Å². The average molecular weight is 428 g/mol. The minimum Gasteiger partial charge on any atom is -0.464 e. The number of carbonyl (C=O) groups excluding carboxylic acids is 2. The maximum atomic E-state index is 12.6. The average Bonchev–Trinajstić information content (AvgIpc) is 2.60. The molecule has 0 N–H and O–H groups in total. The van der Waals surface area contributed by atoms with Crippen LogP contribution in [-0.2, 0) is 28.6 Å². The maximum Gasteiger partial charge on any atom is 0.411 e. The SMILES string of the molecule is CCOC(=O)C1CC(OS(=O)(=O)c2ccc(C)cc2)CCN1C(=O)OC(C)(C)C. The lowest BCUT2D eigenvalue weighted by Gasteiger charge is -2.38. The van der Waals surface area contributed by atoms with Crippen molar-refractivity contribution in [1.82, 2.24) is 4.90 Å². The zero-order valence-corrected chi connectivity index (χ0v) is 18.3. The van der Waals surface area contributed by atoms with E-state index in [1.54, 1.807) is 39.8 Å². The lowest BCUT2D eigenvalue weighted by molar-refractivity contribution is -0.152. The molecule has 8 nitrogen and oxygen atoms in total. The van der Waals surface area contributed by atoms with Crippen molar-refractivity contribution < 1.29 is 31.7 Å². The summed E-state index contributed by atoms with van der Waals surface area (Å²) in [5, 5.41) is 0. The number of benzene rings is 1. The topological polar surface area (TPSA) is 99.2 Å². The minimum atomic E-state index is -3.99. The van der Waals surface area contributed by atoms with E-state index in [0.717, 1.165) is 5.56 Å². The van der Waals surface area contributed by atoms with Crippen molar-refractivity contribution in [2.75, 3.05) is 13.2 Å². The summed E-state index contributed by atoms with van der Waals surface area (Å²) >= 11 is 0. The van der Waals surface area contributed by atoms with Crippen molar-refractivity contribution in [2.24, 2.45) is 0 Å². The molecule has 0 bridgehead atoms. The van der Waals surface area contributed by atoms with Gasteiger partial charge in [-0.05, 0) is 53.2 Å². The summed E-state index contributed by atoms with van der Waals surface area (Å²) in [5.41, 5.74) is 0.204. The van der Waals surface area contributed by atoms with Crippen molar-refractivity contribution in [3.8, 4) is 0 Å². The first-order valence-electron chi connectivity index (χ1n) is 9.59. The number of carbonyl (C=O) groups is 2. The number of ether oxygens (including phenoxy) is 2. The van der Waals surface area contributed by atoms with E-state index in [1.165, 1.54) is 17.0 Å². The van der Waals surface area contributed by atoms with Gasteiger partial charge >= 0.3 is 12.1 Å². The van der Waals surface area contributed by atoms with Crippen LogP contribution < -0.4 is 0 Å². The number of nitrogens with zero attached hydrogens (tertiary/aromatic N) is 1. The number of hydrogen-bond donors (Lipinski definition) is 0. The van der Waals surface area contributed by atoms with Crippen molar-refractivity contribution in [3.05, 3.63) is 29.8 Å². The monoisotopic (exact) mass is 427 g/mol. The van der Waals surface area contributed by atoms with Gasteiger partial charge in [0, 0.05) is 13.0 Å². The number of amides is 1. The van der Waals surface area contributed by atoms with Gasteiger partial charge in [0.2, 0.25) is 0 Å². The summed E-state index contributed by atoms with van der Waals surface area (Å²) in [7, 11) is -3.99. The van der Waals surface area contributed by atoms with Crippen LogP contribution in [0.1, 0.15) is 46.1 Å². The second kappa shape index (κ2) is 9.13. The largest absolute Gasteiger partial charge is 0.464 e. The van der Waals surface area contributed by atoms with Gasteiger partial charge in [-0.3, -0.25) is 9.08 Å². The second-order valence-electron chi connectivity index (χ2n) is 7.95. The molecule has 9 heteroatoms.